The van der Waals surface area contributed by atoms with Crippen molar-refractivity contribution in [2.45, 2.75) is 31.8 Å². The average molecular weight is 366 g/mol. The Balaban J connectivity index is 1.53. The molecule has 1 aromatic rings. The van der Waals surface area contributed by atoms with Crippen LogP contribution in [0.1, 0.15) is 24.0 Å². The summed E-state index contributed by atoms with van der Waals surface area (Å²) in [5, 5.41) is 0. The monoisotopic (exact) mass is 366 g/mol. The lowest BCUT2D eigenvalue weighted by Gasteiger charge is -2.50. The zero-order valence-corrected chi connectivity index (χ0v) is 15.6. The molecule has 2 aliphatic rings. The van der Waals surface area contributed by atoms with E-state index in [2.05, 4.69) is 4.72 Å². The highest BCUT2D eigenvalue weighted by molar-refractivity contribution is 7.88. The maximum atomic E-state index is 12.5. The van der Waals surface area contributed by atoms with Crippen LogP contribution in [-0.4, -0.2) is 57.3 Å². The molecule has 1 amide bonds. The van der Waals surface area contributed by atoms with E-state index in [4.69, 9.17) is 4.74 Å². The summed E-state index contributed by atoms with van der Waals surface area (Å²) in [6, 6.07) is 7.95. The van der Waals surface area contributed by atoms with Crippen LogP contribution in [0.2, 0.25) is 0 Å². The highest BCUT2D eigenvalue weighted by Gasteiger charge is 2.53. The fraction of sp³-hybridized carbons (Fsp3) is 0.611. The van der Waals surface area contributed by atoms with Gasteiger partial charge < -0.3 is 9.64 Å². The van der Waals surface area contributed by atoms with E-state index in [1.165, 1.54) is 6.26 Å². The highest BCUT2D eigenvalue weighted by atomic mass is 32.2. The van der Waals surface area contributed by atoms with E-state index in [0.29, 0.717) is 38.6 Å². The van der Waals surface area contributed by atoms with Gasteiger partial charge in [0.1, 0.15) is 5.60 Å². The molecule has 7 heteroatoms. The predicted octanol–water partition coefficient (Wildman–Crippen LogP) is 1.09. The summed E-state index contributed by atoms with van der Waals surface area (Å²) < 4.78 is 30.9. The minimum absolute atomic E-state index is 0.128. The molecule has 2 fully saturated rings. The van der Waals surface area contributed by atoms with E-state index in [0.717, 1.165) is 24.0 Å². The van der Waals surface area contributed by atoms with Crippen molar-refractivity contribution in [1.82, 2.24) is 9.62 Å². The number of likely N-dealkylation sites (tertiary alicyclic amines) is 1. The minimum Gasteiger partial charge on any atom is -0.371 e. The second-order valence-electron chi connectivity index (χ2n) is 7.21. The Labute approximate surface area is 149 Å². The summed E-state index contributed by atoms with van der Waals surface area (Å²) in [6.45, 7) is 4.35. The Morgan fingerprint density at radius 1 is 1.36 bits per heavy atom. The van der Waals surface area contributed by atoms with Crippen LogP contribution in [0.3, 0.4) is 0 Å². The minimum atomic E-state index is -3.16. The number of rotatable bonds is 6. The van der Waals surface area contributed by atoms with Gasteiger partial charge >= 0.3 is 0 Å². The summed E-state index contributed by atoms with van der Waals surface area (Å²) in [7, 11) is -3.16. The van der Waals surface area contributed by atoms with Crippen molar-refractivity contribution in [3.8, 4) is 0 Å². The van der Waals surface area contributed by atoms with E-state index in [1.54, 1.807) is 0 Å². The third kappa shape index (κ3) is 4.22. The number of benzene rings is 1. The Hall–Kier alpha value is -1.44. The molecule has 6 nitrogen and oxygen atoms in total. The van der Waals surface area contributed by atoms with Crippen molar-refractivity contribution in [2.75, 3.05) is 32.5 Å². The Kier molecular flexibility index (Phi) is 5.18. The van der Waals surface area contributed by atoms with Crippen LogP contribution in [-0.2, 0) is 26.0 Å². The number of ether oxygens (including phenoxy) is 1. The molecule has 0 aliphatic carbocycles. The van der Waals surface area contributed by atoms with Crippen LogP contribution in [0.4, 0.5) is 0 Å². The van der Waals surface area contributed by atoms with Gasteiger partial charge in [-0.3, -0.25) is 4.79 Å². The number of hydrogen-bond donors (Lipinski definition) is 1. The summed E-state index contributed by atoms with van der Waals surface area (Å²) in [5.74, 6) is 0.424. The number of amides is 1. The molecular weight excluding hydrogens is 340 g/mol. The normalized spacial score (nSPS) is 22.2. The Morgan fingerprint density at radius 2 is 2.08 bits per heavy atom. The number of carbonyl (C=O) groups is 1. The van der Waals surface area contributed by atoms with Crippen LogP contribution in [0, 0.1) is 12.8 Å². The quantitative estimate of drug-likeness (QED) is 0.818. The van der Waals surface area contributed by atoms with Crippen LogP contribution in [0.25, 0.3) is 0 Å². The molecule has 0 saturated carbocycles. The lowest BCUT2D eigenvalue weighted by atomic mass is 9.78. The zero-order valence-electron chi connectivity index (χ0n) is 14.8. The molecular formula is C18H26N2O4S. The molecule has 1 atom stereocenters. The molecule has 2 heterocycles. The van der Waals surface area contributed by atoms with E-state index in [1.807, 2.05) is 36.1 Å². The molecule has 1 N–H and O–H groups in total. The fourth-order valence-corrected chi connectivity index (χ4v) is 4.31. The van der Waals surface area contributed by atoms with Crippen molar-refractivity contribution in [3.63, 3.8) is 0 Å². The van der Waals surface area contributed by atoms with Crippen LogP contribution in [0.15, 0.2) is 24.3 Å². The fourth-order valence-electron chi connectivity index (χ4n) is 3.82. The summed E-state index contributed by atoms with van der Waals surface area (Å²) in [4.78, 5) is 14.4. The molecule has 1 spiro atoms. The molecule has 25 heavy (non-hydrogen) atoms. The lowest BCUT2D eigenvalue weighted by molar-refractivity contribution is -0.164. The van der Waals surface area contributed by atoms with Gasteiger partial charge in [0.2, 0.25) is 15.9 Å². The highest BCUT2D eigenvalue weighted by Crippen LogP contribution is 2.41. The SMILES string of the molecule is Cc1ccccc1CC(=O)N1CC2(C1)OCC[C@H]2CCNS(C)(=O)=O. The first-order chi connectivity index (χ1) is 11.8. The van der Waals surface area contributed by atoms with Crippen LogP contribution in [0.5, 0.6) is 0 Å². The summed E-state index contributed by atoms with van der Waals surface area (Å²) >= 11 is 0. The lowest BCUT2D eigenvalue weighted by Crippen LogP contribution is -2.66. The van der Waals surface area contributed by atoms with Crippen molar-refractivity contribution >= 4 is 15.9 Å². The smallest absolute Gasteiger partial charge is 0.227 e. The maximum Gasteiger partial charge on any atom is 0.227 e. The van der Waals surface area contributed by atoms with Gasteiger partial charge in [-0.2, -0.15) is 0 Å². The Bertz CT molecular complexity index is 741. The van der Waals surface area contributed by atoms with E-state index in [-0.39, 0.29) is 11.5 Å². The third-order valence-corrected chi connectivity index (χ3v) is 6.06. The first kappa shape index (κ1) is 18.4. The van der Waals surface area contributed by atoms with Gasteiger partial charge in [-0.15, -0.1) is 0 Å². The zero-order chi connectivity index (χ0) is 18.1. The van der Waals surface area contributed by atoms with Gasteiger partial charge in [0.05, 0.1) is 25.8 Å². The summed E-state index contributed by atoms with van der Waals surface area (Å²) in [5.41, 5.74) is 1.92. The third-order valence-electron chi connectivity index (χ3n) is 5.33. The number of hydrogen-bond acceptors (Lipinski definition) is 4. The van der Waals surface area contributed by atoms with Gasteiger partial charge in [-0.1, -0.05) is 24.3 Å². The number of sulfonamides is 1. The topological polar surface area (TPSA) is 75.7 Å². The van der Waals surface area contributed by atoms with Gasteiger partial charge in [-0.25, -0.2) is 13.1 Å². The molecule has 0 bridgehead atoms. The molecule has 2 saturated heterocycles. The van der Waals surface area contributed by atoms with Crippen molar-refractivity contribution in [3.05, 3.63) is 35.4 Å². The van der Waals surface area contributed by atoms with Crippen LogP contribution >= 0.6 is 0 Å². The molecule has 138 valence electrons. The molecule has 0 radical (unpaired) electrons. The second kappa shape index (κ2) is 7.05. The average Bonchev–Trinajstić information content (AvgIpc) is 2.90. The van der Waals surface area contributed by atoms with Crippen molar-refractivity contribution in [1.29, 1.82) is 0 Å². The molecule has 1 aromatic carbocycles. The first-order valence-corrected chi connectivity index (χ1v) is 10.6. The molecule has 2 aliphatic heterocycles. The molecule has 3 rings (SSSR count). The number of aryl methyl sites for hydroxylation is 1. The predicted molar refractivity (Wildman–Crippen MR) is 95.7 cm³/mol. The molecule has 0 aromatic heterocycles. The standard InChI is InChI=1S/C18H26N2O4S/c1-14-5-3-4-6-15(14)11-17(21)20-12-18(13-20)16(8-10-24-18)7-9-19-25(2,22)23/h3-6,16,19H,7-13H2,1-2H3/t16-/m1/s1. The molecule has 0 unspecified atom stereocenters. The maximum absolute atomic E-state index is 12.5. The summed E-state index contributed by atoms with van der Waals surface area (Å²) in [6.07, 6.45) is 3.25. The van der Waals surface area contributed by atoms with E-state index >= 15 is 0 Å². The Morgan fingerprint density at radius 3 is 2.76 bits per heavy atom. The van der Waals surface area contributed by atoms with Crippen molar-refractivity contribution in [2.24, 2.45) is 5.92 Å². The van der Waals surface area contributed by atoms with Gasteiger partial charge in [0, 0.05) is 13.2 Å². The number of nitrogens with one attached hydrogen (secondary N) is 1. The number of nitrogens with zero attached hydrogens (tertiary/aromatic N) is 1. The number of carbonyl (C=O) groups excluding carboxylic acids is 1. The van der Waals surface area contributed by atoms with Gasteiger partial charge in [0.25, 0.3) is 0 Å². The second-order valence-corrected chi connectivity index (χ2v) is 9.04. The van der Waals surface area contributed by atoms with Crippen molar-refractivity contribution < 1.29 is 17.9 Å². The van der Waals surface area contributed by atoms with E-state index in [9.17, 15) is 13.2 Å². The van der Waals surface area contributed by atoms with Gasteiger partial charge in [0.15, 0.2) is 0 Å². The van der Waals surface area contributed by atoms with Crippen LogP contribution < -0.4 is 4.72 Å². The first-order valence-electron chi connectivity index (χ1n) is 8.70. The van der Waals surface area contributed by atoms with E-state index < -0.39 is 10.0 Å². The largest absolute Gasteiger partial charge is 0.371 e. The van der Waals surface area contributed by atoms with Gasteiger partial charge in [-0.05, 0) is 36.8 Å².